The predicted molar refractivity (Wildman–Crippen MR) is 106 cm³/mol. The second kappa shape index (κ2) is 8.61. The summed E-state index contributed by atoms with van der Waals surface area (Å²) in [5, 5.41) is 9.15. The summed E-state index contributed by atoms with van der Waals surface area (Å²) in [5.41, 5.74) is 2.69. The van der Waals surface area contributed by atoms with Crippen molar-refractivity contribution in [2.75, 3.05) is 19.6 Å². The van der Waals surface area contributed by atoms with Crippen molar-refractivity contribution in [3.63, 3.8) is 0 Å². The highest BCUT2D eigenvalue weighted by atomic mass is 16.5. The molecule has 156 valence electrons. The van der Waals surface area contributed by atoms with Gasteiger partial charge in [-0.15, -0.1) is 0 Å². The van der Waals surface area contributed by atoms with Crippen LogP contribution in [0.1, 0.15) is 47.7 Å². The summed E-state index contributed by atoms with van der Waals surface area (Å²) in [6.07, 6.45) is 2.10. The molecule has 29 heavy (non-hydrogen) atoms. The summed E-state index contributed by atoms with van der Waals surface area (Å²) in [5.74, 6) is -0.782. The summed E-state index contributed by atoms with van der Waals surface area (Å²) in [7, 11) is 0. The second-order valence-corrected chi connectivity index (χ2v) is 8.08. The fourth-order valence-corrected chi connectivity index (χ4v) is 4.28. The molecule has 0 aliphatic carbocycles. The molecule has 2 fully saturated rings. The quantitative estimate of drug-likeness (QED) is 0.469. The van der Waals surface area contributed by atoms with Crippen LogP contribution in [0.2, 0.25) is 0 Å². The highest BCUT2D eigenvalue weighted by Gasteiger charge is 2.39. The van der Waals surface area contributed by atoms with Gasteiger partial charge in [-0.2, -0.15) is 0 Å². The molecule has 3 aliphatic heterocycles. The summed E-state index contributed by atoms with van der Waals surface area (Å²) < 4.78 is 5.90. The number of carbonyl (C=O) groups excluding carboxylic acids is 3. The SMILES string of the molecule is CC1CNCC(CCNCc2ccc3c(c2)CN(C2CCC(=O)NC2=O)C3=O)O1. The maximum Gasteiger partial charge on any atom is 0.255 e. The minimum atomic E-state index is -0.569. The molecule has 0 bridgehead atoms. The van der Waals surface area contributed by atoms with Crippen molar-refractivity contribution in [1.82, 2.24) is 20.9 Å². The van der Waals surface area contributed by atoms with Crippen LogP contribution in [-0.4, -0.2) is 60.5 Å². The van der Waals surface area contributed by atoms with Crippen LogP contribution >= 0.6 is 0 Å². The smallest absolute Gasteiger partial charge is 0.255 e. The largest absolute Gasteiger partial charge is 0.373 e. The van der Waals surface area contributed by atoms with Gasteiger partial charge in [-0.25, -0.2) is 0 Å². The minimum Gasteiger partial charge on any atom is -0.373 e. The number of nitrogens with one attached hydrogen (secondary N) is 3. The van der Waals surface area contributed by atoms with Gasteiger partial charge in [0.2, 0.25) is 11.8 Å². The molecule has 3 amide bonds. The minimum absolute atomic E-state index is 0.134. The van der Waals surface area contributed by atoms with E-state index in [1.54, 1.807) is 4.90 Å². The van der Waals surface area contributed by atoms with E-state index in [-0.39, 0.29) is 36.4 Å². The first-order valence-corrected chi connectivity index (χ1v) is 10.3. The van der Waals surface area contributed by atoms with E-state index < -0.39 is 6.04 Å². The zero-order valence-electron chi connectivity index (χ0n) is 16.7. The molecule has 3 heterocycles. The Labute approximate surface area is 170 Å². The van der Waals surface area contributed by atoms with E-state index in [2.05, 4.69) is 22.9 Å². The second-order valence-electron chi connectivity index (χ2n) is 8.08. The van der Waals surface area contributed by atoms with Gasteiger partial charge in [0.1, 0.15) is 6.04 Å². The number of rotatable bonds is 6. The first kappa shape index (κ1) is 20.0. The molecule has 1 aromatic rings. The fourth-order valence-electron chi connectivity index (χ4n) is 4.28. The molecule has 0 radical (unpaired) electrons. The highest BCUT2D eigenvalue weighted by Crippen LogP contribution is 2.28. The number of morpholine rings is 1. The van der Waals surface area contributed by atoms with E-state index >= 15 is 0 Å². The van der Waals surface area contributed by atoms with Gasteiger partial charge >= 0.3 is 0 Å². The number of carbonyl (C=O) groups is 3. The summed E-state index contributed by atoms with van der Waals surface area (Å²) >= 11 is 0. The summed E-state index contributed by atoms with van der Waals surface area (Å²) in [4.78, 5) is 37.8. The van der Waals surface area contributed by atoms with Crippen LogP contribution in [0.5, 0.6) is 0 Å². The van der Waals surface area contributed by atoms with Gasteiger partial charge in [0.15, 0.2) is 0 Å². The van der Waals surface area contributed by atoms with Crippen molar-refractivity contribution in [3.8, 4) is 0 Å². The van der Waals surface area contributed by atoms with Gasteiger partial charge in [-0.05, 0) is 43.5 Å². The zero-order chi connectivity index (χ0) is 20.4. The third-order valence-corrected chi connectivity index (χ3v) is 5.79. The van der Waals surface area contributed by atoms with E-state index in [1.165, 1.54) is 0 Å². The van der Waals surface area contributed by atoms with Crippen molar-refractivity contribution < 1.29 is 19.1 Å². The number of benzene rings is 1. The van der Waals surface area contributed by atoms with Crippen molar-refractivity contribution in [2.45, 2.75) is 57.5 Å². The molecule has 0 spiro atoms. The lowest BCUT2D eigenvalue weighted by Gasteiger charge is -2.29. The van der Waals surface area contributed by atoms with Crippen molar-refractivity contribution in [3.05, 3.63) is 34.9 Å². The Morgan fingerprint density at radius 1 is 1.24 bits per heavy atom. The molecule has 2 saturated heterocycles. The van der Waals surface area contributed by atoms with Crippen molar-refractivity contribution in [1.29, 1.82) is 0 Å². The van der Waals surface area contributed by atoms with Crippen molar-refractivity contribution >= 4 is 17.7 Å². The third kappa shape index (κ3) is 4.49. The number of amides is 3. The van der Waals surface area contributed by atoms with E-state index in [0.29, 0.717) is 18.5 Å². The lowest BCUT2D eigenvalue weighted by atomic mass is 10.0. The average molecular weight is 400 g/mol. The molecule has 8 nitrogen and oxygen atoms in total. The van der Waals surface area contributed by atoms with Crippen LogP contribution < -0.4 is 16.0 Å². The van der Waals surface area contributed by atoms with Crippen LogP contribution in [0.3, 0.4) is 0 Å². The van der Waals surface area contributed by atoms with Crippen LogP contribution in [-0.2, 0) is 27.4 Å². The number of imide groups is 1. The third-order valence-electron chi connectivity index (χ3n) is 5.79. The Balaban J connectivity index is 1.30. The van der Waals surface area contributed by atoms with Gasteiger partial charge in [-0.1, -0.05) is 12.1 Å². The van der Waals surface area contributed by atoms with E-state index in [4.69, 9.17) is 4.74 Å². The number of ether oxygens (including phenoxy) is 1. The molecular weight excluding hydrogens is 372 g/mol. The maximum absolute atomic E-state index is 12.7. The monoisotopic (exact) mass is 400 g/mol. The number of hydrogen-bond acceptors (Lipinski definition) is 6. The highest BCUT2D eigenvalue weighted by molar-refractivity contribution is 6.05. The molecule has 8 heteroatoms. The van der Waals surface area contributed by atoms with Crippen LogP contribution in [0.15, 0.2) is 18.2 Å². The van der Waals surface area contributed by atoms with Gasteiger partial charge < -0.3 is 20.3 Å². The number of nitrogens with zero attached hydrogens (tertiary/aromatic N) is 1. The number of fused-ring (bicyclic) bond motifs is 1. The standard InChI is InChI=1S/C21H28N4O4/c1-13-9-23-11-16(29-13)6-7-22-10-14-2-3-17-15(8-14)12-25(21(17)28)18-4-5-19(26)24-20(18)27/h2-3,8,13,16,18,22-23H,4-7,9-12H2,1H3,(H,24,26,27). The number of piperidine rings is 1. The molecule has 4 rings (SSSR count). The lowest BCUT2D eigenvalue weighted by Crippen LogP contribution is -2.52. The molecular formula is C21H28N4O4. The first-order valence-electron chi connectivity index (χ1n) is 10.3. The van der Waals surface area contributed by atoms with Gasteiger partial charge in [0.25, 0.3) is 5.91 Å². The first-order chi connectivity index (χ1) is 14.0. The molecule has 3 unspecified atom stereocenters. The van der Waals surface area contributed by atoms with Crippen molar-refractivity contribution in [2.24, 2.45) is 0 Å². The lowest BCUT2D eigenvalue weighted by molar-refractivity contribution is -0.136. The van der Waals surface area contributed by atoms with Crippen LogP contribution in [0.25, 0.3) is 0 Å². The van der Waals surface area contributed by atoms with E-state index in [1.807, 2.05) is 18.2 Å². The van der Waals surface area contributed by atoms with Gasteiger partial charge in [0, 0.05) is 38.2 Å². The molecule has 3 N–H and O–H groups in total. The normalized spacial score (nSPS) is 27.1. The van der Waals surface area contributed by atoms with E-state index in [0.717, 1.165) is 43.7 Å². The topological polar surface area (TPSA) is 99.8 Å². The van der Waals surface area contributed by atoms with Gasteiger partial charge in [-0.3, -0.25) is 19.7 Å². The molecule has 3 aliphatic rings. The maximum atomic E-state index is 12.7. The predicted octanol–water partition coefficient (Wildman–Crippen LogP) is 0.304. The Morgan fingerprint density at radius 2 is 2.10 bits per heavy atom. The summed E-state index contributed by atoms with van der Waals surface area (Å²) in [6, 6.07) is 5.27. The molecule has 0 saturated carbocycles. The Bertz CT molecular complexity index is 812. The summed E-state index contributed by atoms with van der Waals surface area (Å²) in [6.45, 7) is 5.87. The molecule has 3 atom stereocenters. The Hall–Kier alpha value is -2.29. The Morgan fingerprint density at radius 3 is 2.90 bits per heavy atom. The molecule has 0 aromatic heterocycles. The molecule has 1 aromatic carbocycles. The van der Waals surface area contributed by atoms with Crippen LogP contribution in [0, 0.1) is 0 Å². The van der Waals surface area contributed by atoms with E-state index in [9.17, 15) is 14.4 Å². The number of hydrogen-bond donors (Lipinski definition) is 3. The average Bonchev–Trinajstić information content (AvgIpc) is 3.01. The zero-order valence-corrected chi connectivity index (χ0v) is 16.7. The van der Waals surface area contributed by atoms with Gasteiger partial charge in [0.05, 0.1) is 12.2 Å². The van der Waals surface area contributed by atoms with Crippen LogP contribution in [0.4, 0.5) is 0 Å². The fraction of sp³-hybridized carbons (Fsp3) is 0.571. The Kier molecular flexibility index (Phi) is 5.94.